The molecule has 0 spiro atoms. The second-order valence-electron chi connectivity index (χ2n) is 19.6. The van der Waals surface area contributed by atoms with E-state index in [2.05, 4.69) is 269 Å². The third kappa shape index (κ3) is 7.61. The second-order valence-corrected chi connectivity index (χ2v) is 19.6. The Morgan fingerprint density at radius 2 is 0.580 bits per heavy atom. The Morgan fingerprint density at radius 3 is 0.986 bits per heavy atom. The first-order valence-electron chi connectivity index (χ1n) is 24.4. The van der Waals surface area contributed by atoms with Gasteiger partial charge < -0.3 is 4.57 Å². The van der Waals surface area contributed by atoms with Crippen LogP contribution in [0.2, 0.25) is 0 Å². The van der Waals surface area contributed by atoms with E-state index < -0.39 is 0 Å². The molecule has 0 N–H and O–H groups in total. The van der Waals surface area contributed by atoms with Crippen molar-refractivity contribution in [3.8, 4) is 77.9 Å². The topological polar surface area (TPSA) is 4.93 Å². The molecule has 0 saturated heterocycles. The summed E-state index contributed by atoms with van der Waals surface area (Å²) in [6, 6.07) is 87.9. The van der Waals surface area contributed by atoms with Gasteiger partial charge in [0, 0.05) is 28.4 Å². The third-order valence-corrected chi connectivity index (χ3v) is 14.4. The zero-order chi connectivity index (χ0) is 46.6. The van der Waals surface area contributed by atoms with Crippen molar-refractivity contribution in [2.24, 2.45) is 0 Å². The lowest BCUT2D eigenvalue weighted by Crippen LogP contribution is -2.10. The van der Waals surface area contributed by atoms with Gasteiger partial charge in [0.25, 0.3) is 0 Å². The summed E-state index contributed by atoms with van der Waals surface area (Å²) in [7, 11) is 0. The van der Waals surface area contributed by atoms with Gasteiger partial charge in [-0.1, -0.05) is 221 Å². The minimum absolute atomic E-state index is 0.0704. The van der Waals surface area contributed by atoms with Gasteiger partial charge in [-0.25, -0.2) is 0 Å². The van der Waals surface area contributed by atoms with Gasteiger partial charge in [-0.2, -0.15) is 0 Å². The molecular weight excluding hydrogens is 831 g/mol. The first kappa shape index (κ1) is 42.1. The molecule has 1 aromatic heterocycles. The first-order valence-corrected chi connectivity index (χ1v) is 24.4. The van der Waals surface area contributed by atoms with Crippen molar-refractivity contribution < 1.29 is 0 Å². The average molecular weight is 884 g/mol. The summed E-state index contributed by atoms with van der Waals surface area (Å²) in [5.74, 6) is 0. The maximum atomic E-state index is 2.45. The molecule has 0 amide bonds. The summed E-state index contributed by atoms with van der Waals surface area (Å²) in [6.45, 7) is 10.1. The summed E-state index contributed by atoms with van der Waals surface area (Å²) in [5, 5.41) is 7.58. The van der Waals surface area contributed by atoms with E-state index >= 15 is 0 Å². The van der Waals surface area contributed by atoms with E-state index in [1.165, 1.54) is 127 Å². The molecule has 69 heavy (non-hydrogen) atoms. The fourth-order valence-electron chi connectivity index (χ4n) is 10.7. The molecule has 0 aliphatic rings. The van der Waals surface area contributed by atoms with E-state index in [9.17, 15) is 0 Å². The van der Waals surface area contributed by atoms with Crippen molar-refractivity contribution in [1.82, 2.24) is 4.57 Å². The number of rotatable bonds is 8. The number of hydrogen-bond acceptors (Lipinski definition) is 0. The molecule has 12 rings (SSSR count). The van der Waals surface area contributed by atoms with Crippen LogP contribution in [0.4, 0.5) is 0 Å². The number of hydrogen-bond donors (Lipinski definition) is 0. The summed E-state index contributed by atoms with van der Waals surface area (Å²) < 4.78 is 2.45. The molecule has 12 aromatic rings. The van der Waals surface area contributed by atoms with Gasteiger partial charge in [-0.05, 0) is 154 Å². The van der Waals surface area contributed by atoms with Crippen molar-refractivity contribution >= 4 is 43.4 Å². The van der Waals surface area contributed by atoms with Crippen molar-refractivity contribution in [2.75, 3.05) is 0 Å². The van der Waals surface area contributed by atoms with Crippen LogP contribution in [0.3, 0.4) is 0 Å². The highest BCUT2D eigenvalue weighted by molar-refractivity contribution is 6.22. The number of benzene rings is 11. The maximum absolute atomic E-state index is 2.45. The van der Waals surface area contributed by atoms with Crippen molar-refractivity contribution in [1.29, 1.82) is 0 Å². The highest BCUT2D eigenvalue weighted by atomic mass is 15.0. The van der Waals surface area contributed by atoms with Crippen LogP contribution in [0.25, 0.3) is 121 Å². The van der Waals surface area contributed by atoms with Gasteiger partial charge in [0.1, 0.15) is 0 Å². The molecule has 330 valence electrons. The lowest BCUT2D eigenvalue weighted by atomic mass is 9.83. The lowest BCUT2D eigenvalue weighted by molar-refractivity contribution is 0.591. The minimum Gasteiger partial charge on any atom is -0.341 e. The molecule has 0 fully saturated rings. The van der Waals surface area contributed by atoms with E-state index in [1.54, 1.807) is 0 Å². The minimum atomic E-state index is 0.0704. The van der Waals surface area contributed by atoms with Crippen LogP contribution in [0.5, 0.6) is 0 Å². The molecule has 1 heterocycles. The van der Waals surface area contributed by atoms with Gasteiger partial charge >= 0.3 is 0 Å². The molecule has 1 nitrogen and oxygen atoms in total. The summed E-state index contributed by atoms with van der Waals surface area (Å²) in [5.41, 5.74) is 21.0. The second kappa shape index (κ2) is 17.1. The number of aromatic nitrogens is 1. The Balaban J connectivity index is 1.03. The van der Waals surface area contributed by atoms with Crippen molar-refractivity contribution in [3.63, 3.8) is 0 Å². The van der Waals surface area contributed by atoms with Gasteiger partial charge in [-0.3, -0.25) is 0 Å². The third-order valence-electron chi connectivity index (χ3n) is 14.4. The van der Waals surface area contributed by atoms with E-state index in [0.29, 0.717) is 0 Å². The summed E-state index contributed by atoms with van der Waals surface area (Å²) >= 11 is 0. The first-order chi connectivity index (χ1) is 33.8. The Morgan fingerprint density at radius 1 is 0.275 bits per heavy atom. The van der Waals surface area contributed by atoms with Gasteiger partial charge in [0.05, 0.1) is 0 Å². The zero-order valence-electron chi connectivity index (χ0n) is 39.7. The van der Waals surface area contributed by atoms with Crippen LogP contribution in [-0.4, -0.2) is 4.57 Å². The summed E-state index contributed by atoms with van der Waals surface area (Å²) in [6.07, 6.45) is 0. The Kier molecular flexibility index (Phi) is 10.4. The average Bonchev–Trinajstić information content (AvgIpc) is 3.73. The SMILES string of the molecule is CCn1c2ccc(-c3ccc(-c4c5ccc(-c6ccccc6)cc5c(-c5ccc(-c6ccc(-c7ccccc7)cc6)cc5)c5ccc(-c6ccccc6)cc45)cc3)cc2c2cc(C(C)(C)C)ccc21. The monoisotopic (exact) mass is 883 g/mol. The van der Waals surface area contributed by atoms with Crippen LogP contribution in [0.1, 0.15) is 33.3 Å². The molecule has 11 aromatic carbocycles. The van der Waals surface area contributed by atoms with E-state index in [4.69, 9.17) is 0 Å². The van der Waals surface area contributed by atoms with Crippen molar-refractivity contribution in [3.05, 3.63) is 242 Å². The smallest absolute Gasteiger partial charge is 0.0491 e. The zero-order valence-corrected chi connectivity index (χ0v) is 39.7. The molecular formula is C68H53N. The number of aryl methyl sites for hydroxylation is 1. The highest BCUT2D eigenvalue weighted by Crippen LogP contribution is 2.47. The Labute approximate surface area is 405 Å². The van der Waals surface area contributed by atoms with Crippen LogP contribution in [0.15, 0.2) is 237 Å². The number of fused-ring (bicyclic) bond motifs is 5. The Hall–Kier alpha value is -8.26. The molecule has 0 radical (unpaired) electrons. The van der Waals surface area contributed by atoms with Crippen LogP contribution in [0, 0.1) is 0 Å². The summed E-state index contributed by atoms with van der Waals surface area (Å²) in [4.78, 5) is 0. The molecule has 0 unspecified atom stereocenters. The fourth-order valence-corrected chi connectivity index (χ4v) is 10.7. The molecule has 0 bridgehead atoms. The predicted octanol–water partition coefficient (Wildman–Crippen LogP) is 19.1. The molecule has 0 aliphatic carbocycles. The largest absolute Gasteiger partial charge is 0.341 e. The molecule has 0 aliphatic heterocycles. The van der Waals surface area contributed by atoms with Gasteiger partial charge in [0.2, 0.25) is 0 Å². The normalized spacial score (nSPS) is 11.8. The van der Waals surface area contributed by atoms with E-state index in [0.717, 1.165) is 6.54 Å². The molecule has 1 heteroatoms. The Bertz CT molecular complexity index is 3830. The van der Waals surface area contributed by atoms with E-state index in [1.807, 2.05) is 0 Å². The fraction of sp³-hybridized carbons (Fsp3) is 0.0882. The van der Waals surface area contributed by atoms with E-state index in [-0.39, 0.29) is 5.41 Å². The molecule has 0 atom stereocenters. The molecule has 0 saturated carbocycles. The lowest BCUT2D eigenvalue weighted by Gasteiger charge is -2.20. The quantitative estimate of drug-likeness (QED) is 0.134. The van der Waals surface area contributed by atoms with Crippen LogP contribution < -0.4 is 0 Å². The van der Waals surface area contributed by atoms with Gasteiger partial charge in [0.15, 0.2) is 0 Å². The number of nitrogens with zero attached hydrogens (tertiary/aromatic N) is 1. The standard InChI is InChI=1S/C68H53N/c1-5-69-64-39-35-56(41-60(64)61-44-57(68(2,3)4)36-40-65(61)69)51-27-31-53(32-28-51)67-59-38-34-54(46-17-11-7-12-18-46)42-62(59)66(58-37-33-55(43-63(58)67)47-19-13-8-14-20-47)52-29-25-50(26-30-52)49-23-21-48(22-24-49)45-15-9-6-10-16-45/h6-44H,5H2,1-4H3. The van der Waals surface area contributed by atoms with Crippen LogP contribution in [-0.2, 0) is 12.0 Å². The van der Waals surface area contributed by atoms with Crippen LogP contribution >= 0.6 is 0 Å². The maximum Gasteiger partial charge on any atom is 0.0491 e. The predicted molar refractivity (Wildman–Crippen MR) is 297 cm³/mol. The highest BCUT2D eigenvalue weighted by Gasteiger charge is 2.21. The van der Waals surface area contributed by atoms with Crippen molar-refractivity contribution in [2.45, 2.75) is 39.7 Å². The van der Waals surface area contributed by atoms with Gasteiger partial charge in [-0.15, -0.1) is 0 Å².